The lowest BCUT2D eigenvalue weighted by molar-refractivity contribution is -0.145. The molecule has 0 spiro atoms. The molecule has 0 radical (unpaired) electrons. The van der Waals surface area contributed by atoms with Crippen molar-refractivity contribution in [1.29, 1.82) is 0 Å². The summed E-state index contributed by atoms with van der Waals surface area (Å²) in [5.74, 6) is -1.07. The van der Waals surface area contributed by atoms with Crippen LogP contribution >= 0.6 is 11.6 Å². The molecule has 1 unspecified atom stereocenters. The molecule has 3 aromatic rings. The van der Waals surface area contributed by atoms with Crippen LogP contribution in [0.15, 0.2) is 48.5 Å². The molecule has 3 N–H and O–H groups in total. The lowest BCUT2D eigenvalue weighted by atomic mass is 10.00. The first-order chi connectivity index (χ1) is 15.5. The average molecular weight is 480 g/mol. The molecule has 1 atom stereocenters. The number of alkyl halides is 3. The largest absolute Gasteiger partial charge is 0.478 e. The number of benzene rings is 2. The molecule has 1 aliphatic rings. The molecule has 0 amide bonds. The molecule has 1 aromatic heterocycles. The maximum absolute atomic E-state index is 13.9. The summed E-state index contributed by atoms with van der Waals surface area (Å²) in [7, 11) is 1.20. The third kappa shape index (κ3) is 4.75. The minimum absolute atomic E-state index is 0.0788. The van der Waals surface area contributed by atoms with Crippen molar-refractivity contribution < 1.29 is 28.2 Å². The second-order valence-corrected chi connectivity index (χ2v) is 8.58. The van der Waals surface area contributed by atoms with Crippen molar-refractivity contribution in [3.05, 3.63) is 87.2 Å². The Bertz CT molecular complexity index is 1170. The van der Waals surface area contributed by atoms with Gasteiger partial charge in [0.05, 0.1) is 11.3 Å². The lowest BCUT2D eigenvalue weighted by Gasteiger charge is -2.24. The predicted octanol–water partition coefficient (Wildman–Crippen LogP) is 4.65. The highest BCUT2D eigenvalue weighted by molar-refractivity contribution is 6.30. The lowest BCUT2D eigenvalue weighted by Crippen LogP contribution is -2.34. The third-order valence-corrected chi connectivity index (χ3v) is 6.09. The summed E-state index contributed by atoms with van der Waals surface area (Å²) in [5, 5.41) is 27.6. The Labute approximate surface area is 192 Å². The van der Waals surface area contributed by atoms with E-state index >= 15 is 0 Å². The summed E-state index contributed by atoms with van der Waals surface area (Å²) in [5.41, 5.74) is -0.492. The van der Waals surface area contributed by atoms with Gasteiger partial charge in [0, 0.05) is 29.6 Å². The first kappa shape index (κ1) is 23.3. The molecule has 2 aromatic carbocycles. The van der Waals surface area contributed by atoms with Crippen molar-refractivity contribution in [2.75, 3.05) is 0 Å². The molecular weight excluding hydrogens is 459 g/mol. The number of halogens is 4. The molecule has 1 saturated carbocycles. The van der Waals surface area contributed by atoms with E-state index in [0.717, 1.165) is 4.68 Å². The number of carboxylic acid groups (broad SMARTS) is 1. The normalized spacial score (nSPS) is 15.9. The summed E-state index contributed by atoms with van der Waals surface area (Å²) in [6.45, 7) is 0. The molecule has 0 saturated heterocycles. The van der Waals surface area contributed by atoms with E-state index in [1.807, 2.05) is 0 Å². The molecule has 174 valence electrons. The number of aromatic nitrogens is 2. The number of nitrogens with one attached hydrogen (secondary N) is 1. The Morgan fingerprint density at radius 1 is 1.18 bits per heavy atom. The van der Waals surface area contributed by atoms with Gasteiger partial charge in [-0.1, -0.05) is 35.9 Å². The monoisotopic (exact) mass is 479 g/mol. The number of aliphatic hydroxyl groups excluding tert-OH is 1. The summed E-state index contributed by atoms with van der Waals surface area (Å²) in [4.78, 5) is 11.1. The van der Waals surface area contributed by atoms with Gasteiger partial charge in [-0.2, -0.15) is 18.3 Å². The van der Waals surface area contributed by atoms with Gasteiger partial charge in [0.1, 0.15) is 11.9 Å². The molecule has 0 bridgehead atoms. The van der Waals surface area contributed by atoms with Crippen LogP contribution in [0.1, 0.15) is 57.5 Å². The van der Waals surface area contributed by atoms with Crippen LogP contribution in [0.2, 0.25) is 5.02 Å². The van der Waals surface area contributed by atoms with Gasteiger partial charge in [-0.25, -0.2) is 4.79 Å². The second-order valence-electron chi connectivity index (χ2n) is 8.15. The van der Waals surface area contributed by atoms with E-state index in [0.29, 0.717) is 29.0 Å². The van der Waals surface area contributed by atoms with Crippen LogP contribution in [0.25, 0.3) is 0 Å². The highest BCUT2D eigenvalue weighted by atomic mass is 35.5. The number of aryl methyl sites for hydroxylation is 1. The van der Waals surface area contributed by atoms with Gasteiger partial charge in [-0.15, -0.1) is 0 Å². The van der Waals surface area contributed by atoms with Crippen molar-refractivity contribution in [2.45, 2.75) is 37.2 Å². The summed E-state index contributed by atoms with van der Waals surface area (Å²) >= 11 is 5.90. The van der Waals surface area contributed by atoms with Crippen LogP contribution in [-0.2, 0) is 25.2 Å². The number of carbonyl (C=O) groups is 1. The zero-order valence-electron chi connectivity index (χ0n) is 17.5. The molecule has 33 heavy (non-hydrogen) atoms. The Kier molecular flexibility index (Phi) is 5.98. The van der Waals surface area contributed by atoms with E-state index < -0.39 is 29.6 Å². The van der Waals surface area contributed by atoms with Crippen LogP contribution in [0, 0.1) is 0 Å². The Hall–Kier alpha value is -2.88. The molecule has 4 rings (SSSR count). The van der Waals surface area contributed by atoms with E-state index in [1.165, 1.54) is 19.2 Å². The summed E-state index contributed by atoms with van der Waals surface area (Å²) in [6, 6.07) is 12.8. The second kappa shape index (κ2) is 8.48. The number of rotatable bonds is 7. The molecule has 1 heterocycles. The zero-order valence-corrected chi connectivity index (χ0v) is 18.3. The molecule has 6 nitrogen and oxygen atoms in total. The van der Waals surface area contributed by atoms with Crippen LogP contribution in [0.3, 0.4) is 0 Å². The quantitative estimate of drug-likeness (QED) is 0.429. The van der Waals surface area contributed by atoms with Crippen LogP contribution < -0.4 is 5.32 Å². The van der Waals surface area contributed by atoms with E-state index in [1.54, 1.807) is 36.4 Å². The fraction of sp³-hybridized carbons (Fsp3) is 0.304. The van der Waals surface area contributed by atoms with Crippen molar-refractivity contribution in [3.8, 4) is 0 Å². The van der Waals surface area contributed by atoms with Gasteiger partial charge >= 0.3 is 12.1 Å². The highest BCUT2D eigenvalue weighted by Crippen LogP contribution is 2.48. The van der Waals surface area contributed by atoms with Crippen LogP contribution in [-0.4, -0.2) is 26.0 Å². The van der Waals surface area contributed by atoms with Crippen molar-refractivity contribution in [1.82, 2.24) is 15.1 Å². The van der Waals surface area contributed by atoms with Gasteiger partial charge in [-0.05, 0) is 48.2 Å². The van der Waals surface area contributed by atoms with E-state index in [-0.39, 0.29) is 23.2 Å². The van der Waals surface area contributed by atoms with Crippen molar-refractivity contribution in [2.24, 2.45) is 7.05 Å². The Balaban J connectivity index is 1.67. The minimum Gasteiger partial charge on any atom is -0.478 e. The summed E-state index contributed by atoms with van der Waals surface area (Å²) in [6.07, 6.45) is -5.11. The van der Waals surface area contributed by atoms with E-state index in [2.05, 4.69) is 10.4 Å². The number of aromatic carboxylic acids is 1. The summed E-state index contributed by atoms with van der Waals surface area (Å²) < 4.78 is 42.4. The molecular formula is C23H21ClF3N3O3. The van der Waals surface area contributed by atoms with Crippen LogP contribution in [0.5, 0.6) is 0 Å². The average Bonchev–Trinajstić information content (AvgIpc) is 3.44. The SMILES string of the molecule is Cn1nc(Cc2ccc(Cl)cc2)c(C(O)NC2(c3ccc(C(=O)O)cc3)CC2)c1C(F)(F)F. The smallest absolute Gasteiger partial charge is 0.433 e. The number of aliphatic hydroxyl groups is 1. The van der Waals surface area contributed by atoms with Crippen molar-refractivity contribution in [3.63, 3.8) is 0 Å². The van der Waals surface area contributed by atoms with Gasteiger partial charge < -0.3 is 10.2 Å². The zero-order chi connectivity index (χ0) is 24.0. The van der Waals surface area contributed by atoms with Gasteiger partial charge in [0.2, 0.25) is 0 Å². The van der Waals surface area contributed by atoms with Gasteiger partial charge in [-0.3, -0.25) is 10.00 Å². The van der Waals surface area contributed by atoms with Gasteiger partial charge in [0.15, 0.2) is 0 Å². The first-order valence-electron chi connectivity index (χ1n) is 10.2. The highest BCUT2D eigenvalue weighted by Gasteiger charge is 2.48. The fourth-order valence-electron chi connectivity index (χ4n) is 4.05. The van der Waals surface area contributed by atoms with Gasteiger partial charge in [0.25, 0.3) is 0 Å². The Morgan fingerprint density at radius 2 is 1.79 bits per heavy atom. The molecule has 0 aliphatic heterocycles. The van der Waals surface area contributed by atoms with E-state index in [9.17, 15) is 23.1 Å². The maximum Gasteiger partial charge on any atom is 0.433 e. The van der Waals surface area contributed by atoms with Crippen molar-refractivity contribution >= 4 is 17.6 Å². The fourth-order valence-corrected chi connectivity index (χ4v) is 4.18. The topological polar surface area (TPSA) is 87.4 Å². The Morgan fingerprint density at radius 3 is 2.30 bits per heavy atom. The number of carboxylic acids is 1. The first-order valence-corrected chi connectivity index (χ1v) is 10.5. The number of hydrogen-bond acceptors (Lipinski definition) is 4. The number of hydrogen-bond donors (Lipinski definition) is 3. The minimum atomic E-state index is -4.72. The predicted molar refractivity (Wildman–Crippen MR) is 115 cm³/mol. The number of nitrogens with zero attached hydrogens (tertiary/aromatic N) is 2. The third-order valence-electron chi connectivity index (χ3n) is 5.83. The molecule has 1 aliphatic carbocycles. The van der Waals surface area contributed by atoms with Crippen LogP contribution in [0.4, 0.5) is 13.2 Å². The standard InChI is InChI=1S/C23H21ClF3N3O3/c1-30-19(23(25,26)27)18(17(29-30)12-13-2-8-16(24)9-3-13)20(31)28-22(10-11-22)15-6-4-14(5-7-15)21(32)33/h2-9,20,28,31H,10-12H2,1H3,(H,32,33). The van der Waals surface area contributed by atoms with E-state index in [4.69, 9.17) is 16.7 Å². The molecule has 10 heteroatoms. The molecule has 1 fully saturated rings. The maximum atomic E-state index is 13.9.